The number of amides is 1. The Morgan fingerprint density at radius 2 is 1.62 bits per heavy atom. The highest BCUT2D eigenvalue weighted by Crippen LogP contribution is 2.32. The van der Waals surface area contributed by atoms with Gasteiger partial charge in [0, 0.05) is 15.4 Å². The molecule has 0 fully saturated rings. The molecule has 0 radical (unpaired) electrons. The Labute approximate surface area is 209 Å². The third kappa shape index (κ3) is 5.27. The summed E-state index contributed by atoms with van der Waals surface area (Å²) in [6, 6.07) is 18.4. The molecule has 0 spiro atoms. The first-order valence-corrected chi connectivity index (χ1v) is 13.7. The standard InChI is InChI=1S/C26H25ClN2O3S2/c1-16-11-17(2)25(18(3)12-16)28-26(30)24-14-20-13-22(9-10-23(20)33-24)29(34(4,31)32)15-19-5-7-21(27)8-6-19/h5-14H,15H2,1-4H3,(H,28,30). The van der Waals surface area contributed by atoms with Crippen LogP contribution in [-0.2, 0) is 16.6 Å². The number of fused-ring (bicyclic) bond motifs is 1. The number of sulfonamides is 1. The van der Waals surface area contributed by atoms with E-state index in [2.05, 4.69) is 5.32 Å². The van der Waals surface area contributed by atoms with Gasteiger partial charge in [-0.05, 0) is 79.2 Å². The second kappa shape index (κ2) is 9.41. The Balaban J connectivity index is 1.64. The summed E-state index contributed by atoms with van der Waals surface area (Å²) in [6.45, 7) is 6.17. The summed E-state index contributed by atoms with van der Waals surface area (Å²) in [7, 11) is -3.53. The van der Waals surface area contributed by atoms with Crippen LogP contribution in [0.1, 0.15) is 31.9 Å². The number of benzene rings is 3. The first-order valence-electron chi connectivity index (χ1n) is 10.7. The quantitative estimate of drug-likeness (QED) is 0.312. The van der Waals surface area contributed by atoms with Crippen LogP contribution in [0.15, 0.2) is 60.7 Å². The molecule has 5 nitrogen and oxygen atoms in total. The van der Waals surface area contributed by atoms with Crippen LogP contribution in [0.3, 0.4) is 0 Å². The number of nitrogens with one attached hydrogen (secondary N) is 1. The van der Waals surface area contributed by atoms with E-state index < -0.39 is 10.0 Å². The van der Waals surface area contributed by atoms with Crippen LogP contribution in [0, 0.1) is 20.8 Å². The molecular weight excluding hydrogens is 488 g/mol. The van der Waals surface area contributed by atoms with Crippen LogP contribution < -0.4 is 9.62 Å². The summed E-state index contributed by atoms with van der Waals surface area (Å²) in [5.74, 6) is -0.182. The van der Waals surface area contributed by atoms with Crippen molar-refractivity contribution in [3.63, 3.8) is 0 Å². The molecule has 176 valence electrons. The van der Waals surface area contributed by atoms with Gasteiger partial charge < -0.3 is 5.32 Å². The lowest BCUT2D eigenvalue weighted by atomic mass is 10.1. The number of carbonyl (C=O) groups excluding carboxylic acids is 1. The highest BCUT2D eigenvalue weighted by atomic mass is 35.5. The van der Waals surface area contributed by atoms with Gasteiger partial charge in [-0.2, -0.15) is 0 Å². The number of hydrogen-bond acceptors (Lipinski definition) is 4. The predicted octanol–water partition coefficient (Wildman–Crippen LogP) is 6.70. The molecular formula is C26H25ClN2O3S2. The molecule has 0 saturated heterocycles. The normalized spacial score (nSPS) is 11.6. The molecule has 4 aromatic rings. The van der Waals surface area contributed by atoms with Gasteiger partial charge in [-0.15, -0.1) is 11.3 Å². The fraction of sp³-hybridized carbons (Fsp3) is 0.192. The van der Waals surface area contributed by atoms with Crippen LogP contribution in [0.25, 0.3) is 10.1 Å². The molecule has 1 aromatic heterocycles. The van der Waals surface area contributed by atoms with Crippen molar-refractivity contribution in [2.75, 3.05) is 15.9 Å². The zero-order valence-electron chi connectivity index (χ0n) is 19.3. The minimum absolute atomic E-state index is 0.182. The lowest BCUT2D eigenvalue weighted by molar-refractivity contribution is 0.103. The summed E-state index contributed by atoms with van der Waals surface area (Å²) in [6.07, 6.45) is 1.19. The molecule has 0 aliphatic carbocycles. The van der Waals surface area contributed by atoms with Crippen molar-refractivity contribution in [3.05, 3.63) is 92.8 Å². The maximum atomic E-state index is 13.0. The molecule has 0 saturated carbocycles. The van der Waals surface area contributed by atoms with Crippen molar-refractivity contribution in [2.24, 2.45) is 0 Å². The molecule has 4 rings (SSSR count). The van der Waals surface area contributed by atoms with Crippen LogP contribution in [0.2, 0.25) is 5.02 Å². The van der Waals surface area contributed by atoms with Crippen LogP contribution in [0.4, 0.5) is 11.4 Å². The first kappa shape index (κ1) is 24.3. The fourth-order valence-corrected chi connectivity index (χ4v) is 5.95. The lowest BCUT2D eigenvalue weighted by Crippen LogP contribution is -2.29. The average molecular weight is 513 g/mol. The molecule has 0 aliphatic rings. The van der Waals surface area contributed by atoms with E-state index in [0.717, 1.165) is 38.0 Å². The maximum absolute atomic E-state index is 13.0. The second-order valence-corrected chi connectivity index (χ2v) is 11.9. The smallest absolute Gasteiger partial charge is 0.265 e. The molecule has 3 aromatic carbocycles. The fourth-order valence-electron chi connectivity index (χ4n) is 4.01. The van der Waals surface area contributed by atoms with Gasteiger partial charge in [-0.3, -0.25) is 9.10 Å². The summed E-state index contributed by atoms with van der Waals surface area (Å²) >= 11 is 7.34. The van der Waals surface area contributed by atoms with E-state index in [-0.39, 0.29) is 12.5 Å². The zero-order valence-corrected chi connectivity index (χ0v) is 21.7. The van der Waals surface area contributed by atoms with E-state index >= 15 is 0 Å². The number of nitrogens with zero attached hydrogens (tertiary/aromatic N) is 1. The highest BCUT2D eigenvalue weighted by molar-refractivity contribution is 7.92. The van der Waals surface area contributed by atoms with Gasteiger partial charge in [0.15, 0.2) is 0 Å². The summed E-state index contributed by atoms with van der Waals surface area (Å²) in [4.78, 5) is 13.6. The van der Waals surface area contributed by atoms with Gasteiger partial charge in [0.2, 0.25) is 10.0 Å². The third-order valence-electron chi connectivity index (χ3n) is 5.57. The van der Waals surface area contributed by atoms with Crippen LogP contribution >= 0.6 is 22.9 Å². The molecule has 0 bridgehead atoms. The summed E-state index contributed by atoms with van der Waals surface area (Å²) in [5, 5.41) is 4.44. The number of carbonyl (C=O) groups is 1. The molecule has 1 N–H and O–H groups in total. The third-order valence-corrected chi connectivity index (χ3v) is 8.07. The SMILES string of the molecule is Cc1cc(C)c(NC(=O)c2cc3cc(N(Cc4ccc(Cl)cc4)S(C)(=O)=O)ccc3s2)c(C)c1. The van der Waals surface area contributed by atoms with E-state index in [1.54, 1.807) is 36.4 Å². The minimum Gasteiger partial charge on any atom is -0.321 e. The summed E-state index contributed by atoms with van der Waals surface area (Å²) in [5.41, 5.74) is 5.36. The van der Waals surface area contributed by atoms with E-state index in [0.29, 0.717) is 15.6 Å². The van der Waals surface area contributed by atoms with Crippen LogP contribution in [0.5, 0.6) is 0 Å². The Hall–Kier alpha value is -2.87. The molecule has 0 unspecified atom stereocenters. The van der Waals surface area contributed by atoms with Crippen molar-refractivity contribution in [1.82, 2.24) is 0 Å². The molecule has 1 heterocycles. The minimum atomic E-state index is -3.53. The number of halogens is 1. The van der Waals surface area contributed by atoms with Gasteiger partial charge in [0.05, 0.1) is 23.4 Å². The van der Waals surface area contributed by atoms with E-state index in [4.69, 9.17) is 11.6 Å². The molecule has 0 aliphatic heterocycles. The number of rotatable bonds is 6. The molecule has 1 amide bonds. The van der Waals surface area contributed by atoms with Gasteiger partial charge in [0.25, 0.3) is 5.91 Å². The maximum Gasteiger partial charge on any atom is 0.265 e. The highest BCUT2D eigenvalue weighted by Gasteiger charge is 2.20. The number of aryl methyl sites for hydroxylation is 3. The van der Waals surface area contributed by atoms with Crippen LogP contribution in [-0.4, -0.2) is 20.6 Å². The summed E-state index contributed by atoms with van der Waals surface area (Å²) < 4.78 is 27.4. The first-order chi connectivity index (χ1) is 16.0. The van der Waals surface area contributed by atoms with Crippen molar-refractivity contribution in [3.8, 4) is 0 Å². The van der Waals surface area contributed by atoms with Gasteiger partial charge in [-0.1, -0.05) is 41.4 Å². The van der Waals surface area contributed by atoms with Gasteiger partial charge in [-0.25, -0.2) is 8.42 Å². The van der Waals surface area contributed by atoms with Crippen molar-refractivity contribution >= 4 is 60.3 Å². The van der Waals surface area contributed by atoms with Crippen molar-refractivity contribution in [1.29, 1.82) is 0 Å². The number of thiophene rings is 1. The Morgan fingerprint density at radius 3 is 2.24 bits per heavy atom. The molecule has 8 heteroatoms. The monoisotopic (exact) mass is 512 g/mol. The number of anilines is 2. The van der Waals surface area contributed by atoms with Gasteiger partial charge >= 0.3 is 0 Å². The molecule has 34 heavy (non-hydrogen) atoms. The number of hydrogen-bond donors (Lipinski definition) is 1. The Kier molecular flexibility index (Phi) is 6.71. The molecule has 0 atom stereocenters. The zero-order chi connectivity index (χ0) is 24.6. The Morgan fingerprint density at radius 1 is 0.971 bits per heavy atom. The Bertz CT molecular complexity index is 1470. The topological polar surface area (TPSA) is 66.5 Å². The largest absolute Gasteiger partial charge is 0.321 e. The average Bonchev–Trinajstić information content (AvgIpc) is 3.18. The van der Waals surface area contributed by atoms with Gasteiger partial charge in [0.1, 0.15) is 0 Å². The second-order valence-electron chi connectivity index (χ2n) is 8.46. The van der Waals surface area contributed by atoms with E-state index in [1.165, 1.54) is 21.9 Å². The van der Waals surface area contributed by atoms with E-state index in [9.17, 15) is 13.2 Å². The predicted molar refractivity (Wildman–Crippen MR) is 143 cm³/mol. The van der Waals surface area contributed by atoms with E-state index in [1.807, 2.05) is 45.0 Å². The van der Waals surface area contributed by atoms with Crippen molar-refractivity contribution < 1.29 is 13.2 Å². The van der Waals surface area contributed by atoms with Crippen molar-refractivity contribution in [2.45, 2.75) is 27.3 Å². The lowest BCUT2D eigenvalue weighted by Gasteiger charge is -2.22.